The molecule has 1 aromatic rings. The molecule has 7 nitrogen and oxygen atoms in total. The molecule has 1 amide bonds. The molecule has 1 aliphatic rings. The van der Waals surface area contributed by atoms with Crippen LogP contribution in [-0.2, 0) is 25.5 Å². The standard InChI is InChI=1S/C19H27NO6/c1-14(25-12-17-4-2-3-11-24-17)19(23)20-10-9-15-5-7-16(8-6-15)26-13-18(21)22/h5-8,14,17H,2-4,9-13H2,1H3,(H,20,23)(H,21,22). The van der Waals surface area contributed by atoms with Crippen LogP contribution in [0.5, 0.6) is 5.75 Å². The number of hydrogen-bond acceptors (Lipinski definition) is 5. The zero-order chi connectivity index (χ0) is 18.8. The summed E-state index contributed by atoms with van der Waals surface area (Å²) in [7, 11) is 0. The van der Waals surface area contributed by atoms with Crippen LogP contribution in [0.3, 0.4) is 0 Å². The summed E-state index contributed by atoms with van der Waals surface area (Å²) in [5.41, 5.74) is 1.03. The second kappa shape index (κ2) is 10.8. The predicted molar refractivity (Wildman–Crippen MR) is 95.3 cm³/mol. The highest BCUT2D eigenvalue weighted by atomic mass is 16.5. The van der Waals surface area contributed by atoms with E-state index in [0.717, 1.165) is 31.4 Å². The van der Waals surface area contributed by atoms with E-state index in [1.54, 1.807) is 19.1 Å². The van der Waals surface area contributed by atoms with Crippen LogP contribution in [-0.4, -0.2) is 55.6 Å². The van der Waals surface area contributed by atoms with E-state index in [0.29, 0.717) is 25.3 Å². The van der Waals surface area contributed by atoms with Crippen LogP contribution in [0.15, 0.2) is 24.3 Å². The number of nitrogens with one attached hydrogen (secondary N) is 1. The van der Waals surface area contributed by atoms with Crippen molar-refractivity contribution >= 4 is 11.9 Å². The molecule has 2 N–H and O–H groups in total. The van der Waals surface area contributed by atoms with Crippen molar-refractivity contribution in [3.63, 3.8) is 0 Å². The second-order valence-electron chi connectivity index (χ2n) is 6.33. The number of carboxylic acids is 1. The number of ether oxygens (including phenoxy) is 3. The van der Waals surface area contributed by atoms with Crippen molar-refractivity contribution in [3.8, 4) is 5.75 Å². The second-order valence-corrected chi connectivity index (χ2v) is 6.33. The van der Waals surface area contributed by atoms with Crippen LogP contribution in [0.2, 0.25) is 0 Å². The Morgan fingerprint density at radius 1 is 1.31 bits per heavy atom. The molecule has 1 saturated heterocycles. The van der Waals surface area contributed by atoms with E-state index in [1.807, 2.05) is 12.1 Å². The lowest BCUT2D eigenvalue weighted by atomic mass is 10.1. The molecular weight excluding hydrogens is 338 g/mol. The third-order valence-corrected chi connectivity index (χ3v) is 4.17. The minimum absolute atomic E-state index is 0.0980. The summed E-state index contributed by atoms with van der Waals surface area (Å²) in [6.07, 6.45) is 3.49. The predicted octanol–water partition coefficient (Wildman–Crippen LogP) is 1.78. The zero-order valence-corrected chi connectivity index (χ0v) is 15.1. The van der Waals surface area contributed by atoms with Gasteiger partial charge in [-0.1, -0.05) is 12.1 Å². The number of rotatable bonds is 10. The average molecular weight is 365 g/mol. The van der Waals surface area contributed by atoms with E-state index < -0.39 is 12.1 Å². The van der Waals surface area contributed by atoms with Gasteiger partial charge in [-0.3, -0.25) is 4.79 Å². The highest BCUT2D eigenvalue weighted by Gasteiger charge is 2.18. The number of carbonyl (C=O) groups is 2. The molecule has 1 heterocycles. The van der Waals surface area contributed by atoms with Gasteiger partial charge in [0, 0.05) is 13.2 Å². The van der Waals surface area contributed by atoms with Crippen molar-refractivity contribution in [2.75, 3.05) is 26.4 Å². The number of amides is 1. The fraction of sp³-hybridized carbons (Fsp3) is 0.579. The van der Waals surface area contributed by atoms with Crippen LogP contribution in [0.4, 0.5) is 0 Å². The molecule has 144 valence electrons. The highest BCUT2D eigenvalue weighted by Crippen LogP contribution is 2.14. The Balaban J connectivity index is 1.63. The molecule has 2 unspecified atom stereocenters. The normalized spacial score (nSPS) is 18.1. The van der Waals surface area contributed by atoms with Gasteiger partial charge in [-0.15, -0.1) is 0 Å². The van der Waals surface area contributed by atoms with E-state index in [4.69, 9.17) is 19.3 Å². The molecule has 2 rings (SSSR count). The lowest BCUT2D eigenvalue weighted by Crippen LogP contribution is -2.37. The summed E-state index contributed by atoms with van der Waals surface area (Å²) in [5.74, 6) is -0.641. The topological polar surface area (TPSA) is 94.1 Å². The molecular formula is C19H27NO6. The molecule has 2 atom stereocenters. The van der Waals surface area contributed by atoms with Crippen molar-refractivity contribution in [2.24, 2.45) is 0 Å². The summed E-state index contributed by atoms with van der Waals surface area (Å²) in [5, 5.41) is 11.4. The van der Waals surface area contributed by atoms with Crippen molar-refractivity contribution in [2.45, 2.75) is 44.8 Å². The van der Waals surface area contributed by atoms with Gasteiger partial charge in [0.2, 0.25) is 5.91 Å². The molecule has 0 radical (unpaired) electrons. The molecule has 0 aromatic heterocycles. The summed E-state index contributed by atoms with van der Waals surface area (Å²) in [6.45, 7) is 3.11. The third kappa shape index (κ3) is 7.41. The number of benzene rings is 1. The first-order chi connectivity index (χ1) is 12.5. The van der Waals surface area contributed by atoms with Gasteiger partial charge in [0.15, 0.2) is 6.61 Å². The molecule has 26 heavy (non-hydrogen) atoms. The molecule has 0 aliphatic carbocycles. The highest BCUT2D eigenvalue weighted by molar-refractivity contribution is 5.80. The van der Waals surface area contributed by atoms with Crippen molar-refractivity contribution in [3.05, 3.63) is 29.8 Å². The first-order valence-electron chi connectivity index (χ1n) is 8.99. The van der Waals surface area contributed by atoms with E-state index in [2.05, 4.69) is 5.32 Å². The molecule has 1 aliphatic heterocycles. The minimum Gasteiger partial charge on any atom is -0.482 e. The number of carboxylic acid groups (broad SMARTS) is 1. The lowest BCUT2D eigenvalue weighted by molar-refractivity contribution is -0.139. The molecule has 7 heteroatoms. The summed E-state index contributed by atoms with van der Waals surface area (Å²) in [6, 6.07) is 7.14. The van der Waals surface area contributed by atoms with Gasteiger partial charge in [0.25, 0.3) is 0 Å². The first-order valence-corrected chi connectivity index (χ1v) is 8.99. The zero-order valence-electron chi connectivity index (χ0n) is 15.1. The Hall–Kier alpha value is -2.12. The molecule has 0 saturated carbocycles. The molecule has 1 fully saturated rings. The van der Waals surface area contributed by atoms with E-state index in [9.17, 15) is 9.59 Å². The smallest absolute Gasteiger partial charge is 0.341 e. The molecule has 0 bridgehead atoms. The van der Waals surface area contributed by atoms with E-state index in [1.165, 1.54) is 0 Å². The Morgan fingerprint density at radius 3 is 2.73 bits per heavy atom. The average Bonchev–Trinajstić information content (AvgIpc) is 2.66. The van der Waals surface area contributed by atoms with Crippen LogP contribution < -0.4 is 10.1 Å². The van der Waals surface area contributed by atoms with Crippen LogP contribution >= 0.6 is 0 Å². The van der Waals surface area contributed by atoms with Crippen LogP contribution in [0.25, 0.3) is 0 Å². The van der Waals surface area contributed by atoms with Gasteiger partial charge in [-0.05, 0) is 50.3 Å². The largest absolute Gasteiger partial charge is 0.482 e. The van der Waals surface area contributed by atoms with Gasteiger partial charge in [0.05, 0.1) is 12.7 Å². The van der Waals surface area contributed by atoms with E-state index >= 15 is 0 Å². The Morgan fingerprint density at radius 2 is 2.08 bits per heavy atom. The Kier molecular flexibility index (Phi) is 8.37. The van der Waals surface area contributed by atoms with Gasteiger partial charge in [-0.2, -0.15) is 0 Å². The Labute approximate surface area is 153 Å². The monoisotopic (exact) mass is 365 g/mol. The maximum atomic E-state index is 12.1. The lowest BCUT2D eigenvalue weighted by Gasteiger charge is -2.23. The maximum absolute atomic E-state index is 12.1. The van der Waals surface area contributed by atoms with Gasteiger partial charge >= 0.3 is 5.97 Å². The quantitative estimate of drug-likeness (QED) is 0.656. The summed E-state index contributed by atoms with van der Waals surface area (Å²) >= 11 is 0. The SMILES string of the molecule is CC(OCC1CCCCO1)C(=O)NCCc1ccc(OCC(=O)O)cc1. The van der Waals surface area contributed by atoms with Gasteiger partial charge < -0.3 is 24.6 Å². The van der Waals surface area contributed by atoms with Crippen molar-refractivity contribution in [1.82, 2.24) is 5.32 Å². The van der Waals surface area contributed by atoms with Crippen molar-refractivity contribution < 1.29 is 28.9 Å². The van der Waals surface area contributed by atoms with Crippen LogP contribution in [0.1, 0.15) is 31.7 Å². The van der Waals surface area contributed by atoms with Crippen molar-refractivity contribution in [1.29, 1.82) is 0 Å². The summed E-state index contributed by atoms with van der Waals surface area (Å²) in [4.78, 5) is 22.5. The number of aliphatic carboxylic acids is 1. The first kappa shape index (κ1) is 20.2. The number of hydrogen-bond donors (Lipinski definition) is 2. The summed E-state index contributed by atoms with van der Waals surface area (Å²) < 4.78 is 16.3. The minimum atomic E-state index is -1.01. The molecule has 1 aromatic carbocycles. The molecule has 0 spiro atoms. The number of carbonyl (C=O) groups excluding carboxylic acids is 1. The Bertz CT molecular complexity index is 568. The van der Waals surface area contributed by atoms with Gasteiger partial charge in [-0.25, -0.2) is 4.79 Å². The fourth-order valence-electron chi connectivity index (χ4n) is 2.64. The van der Waals surface area contributed by atoms with E-state index in [-0.39, 0.29) is 18.6 Å². The third-order valence-electron chi connectivity index (χ3n) is 4.17. The fourth-order valence-corrected chi connectivity index (χ4v) is 2.64. The van der Waals surface area contributed by atoms with Gasteiger partial charge in [0.1, 0.15) is 11.9 Å². The van der Waals surface area contributed by atoms with Crippen LogP contribution in [0, 0.1) is 0 Å². The maximum Gasteiger partial charge on any atom is 0.341 e.